The van der Waals surface area contributed by atoms with Gasteiger partial charge in [-0.1, -0.05) is 0 Å². The minimum absolute atomic E-state index is 0.118. The maximum atomic E-state index is 13.3. The maximum absolute atomic E-state index is 13.3. The number of aromatic nitrogens is 1. The second-order valence-corrected chi connectivity index (χ2v) is 5.14. The van der Waals surface area contributed by atoms with Gasteiger partial charge in [0.1, 0.15) is 0 Å². The third-order valence-corrected chi connectivity index (χ3v) is 3.98. The summed E-state index contributed by atoms with van der Waals surface area (Å²) in [6.07, 6.45) is 1.83. The number of carbonyl (C=O) groups is 1. The van der Waals surface area contributed by atoms with Crippen LogP contribution >= 0.6 is 0 Å². The van der Waals surface area contributed by atoms with Gasteiger partial charge in [-0.3, -0.25) is 0 Å². The highest BCUT2D eigenvalue weighted by atomic mass is 19.3. The number of ether oxygens (including phenoxy) is 1. The zero-order chi connectivity index (χ0) is 14.3. The first-order chi connectivity index (χ1) is 9.52. The predicted octanol–water partition coefficient (Wildman–Crippen LogP) is 2.21. The van der Waals surface area contributed by atoms with E-state index in [-0.39, 0.29) is 12.6 Å². The molecule has 2 heterocycles. The number of hydrogen-bond donors (Lipinski definition) is 1. The Balaban J connectivity index is 1.59. The second kappa shape index (κ2) is 4.57. The smallest absolute Gasteiger partial charge is 0.321 e. The van der Waals surface area contributed by atoms with E-state index in [4.69, 9.17) is 4.74 Å². The molecule has 2 fully saturated rings. The van der Waals surface area contributed by atoms with Crippen LogP contribution in [0.1, 0.15) is 6.42 Å². The van der Waals surface area contributed by atoms with Crippen molar-refractivity contribution in [3.05, 3.63) is 18.3 Å². The topological polar surface area (TPSA) is 54.5 Å². The number of nitrogens with zero attached hydrogens (tertiary/aromatic N) is 2. The molecule has 1 saturated heterocycles. The number of pyridine rings is 1. The van der Waals surface area contributed by atoms with Crippen molar-refractivity contribution in [2.24, 2.45) is 11.8 Å². The van der Waals surface area contributed by atoms with Crippen LogP contribution < -0.4 is 10.1 Å². The number of amides is 2. The van der Waals surface area contributed by atoms with Crippen LogP contribution in [0, 0.1) is 11.8 Å². The van der Waals surface area contributed by atoms with E-state index in [1.807, 2.05) is 0 Å². The van der Waals surface area contributed by atoms with Gasteiger partial charge in [-0.15, -0.1) is 0 Å². The first-order valence-electron chi connectivity index (χ1n) is 6.46. The monoisotopic (exact) mass is 283 g/mol. The molecule has 2 unspecified atom stereocenters. The molecule has 0 bridgehead atoms. The van der Waals surface area contributed by atoms with E-state index in [0.717, 1.165) is 0 Å². The lowest BCUT2D eigenvalue weighted by Crippen LogP contribution is -2.39. The standard InChI is InChI=1S/C13H15F2N3O2/c1-20-11-3-2-8(6-16-11)17-12(19)18-5-4-9-10(7-18)13(9,14)15/h2-3,6,9-10H,4-5,7H2,1H3,(H,17,19). The summed E-state index contributed by atoms with van der Waals surface area (Å²) in [6.45, 7) is 0.485. The van der Waals surface area contributed by atoms with E-state index in [0.29, 0.717) is 24.5 Å². The number of urea groups is 1. The SMILES string of the molecule is COc1ccc(NC(=O)N2CCC3C(C2)C3(F)F)cn1. The van der Waals surface area contributed by atoms with Crippen molar-refractivity contribution in [2.45, 2.75) is 12.3 Å². The van der Waals surface area contributed by atoms with Crippen molar-refractivity contribution in [1.82, 2.24) is 9.88 Å². The number of hydrogen-bond acceptors (Lipinski definition) is 3. The summed E-state index contributed by atoms with van der Waals surface area (Å²) in [5.74, 6) is -3.34. The molecule has 0 spiro atoms. The van der Waals surface area contributed by atoms with Crippen LogP contribution in [-0.4, -0.2) is 42.0 Å². The lowest BCUT2D eigenvalue weighted by Gasteiger charge is -2.25. The fourth-order valence-electron chi connectivity index (χ4n) is 2.69. The molecule has 1 saturated carbocycles. The number of methoxy groups -OCH3 is 1. The number of rotatable bonds is 2. The van der Waals surface area contributed by atoms with Gasteiger partial charge in [0.25, 0.3) is 5.92 Å². The zero-order valence-corrected chi connectivity index (χ0v) is 11.0. The third kappa shape index (κ3) is 2.17. The van der Waals surface area contributed by atoms with Gasteiger partial charge in [0, 0.05) is 31.0 Å². The van der Waals surface area contributed by atoms with E-state index < -0.39 is 17.8 Å². The first kappa shape index (κ1) is 13.1. The van der Waals surface area contributed by atoms with Crippen molar-refractivity contribution >= 4 is 11.7 Å². The molecule has 1 N–H and O–H groups in total. The van der Waals surface area contributed by atoms with Crippen LogP contribution in [-0.2, 0) is 0 Å². The van der Waals surface area contributed by atoms with E-state index >= 15 is 0 Å². The number of anilines is 1. The third-order valence-electron chi connectivity index (χ3n) is 3.98. The fourth-order valence-corrected chi connectivity index (χ4v) is 2.69. The highest BCUT2D eigenvalue weighted by Crippen LogP contribution is 2.59. The van der Waals surface area contributed by atoms with Gasteiger partial charge in [-0.2, -0.15) is 0 Å². The molecular weight excluding hydrogens is 268 g/mol. The summed E-state index contributed by atoms with van der Waals surface area (Å²) in [5.41, 5.74) is 0.514. The lowest BCUT2D eigenvalue weighted by atomic mass is 10.1. The Morgan fingerprint density at radius 3 is 2.90 bits per heavy atom. The number of alkyl halides is 2. The van der Waals surface area contributed by atoms with Crippen molar-refractivity contribution in [2.75, 3.05) is 25.5 Å². The highest BCUT2D eigenvalue weighted by molar-refractivity contribution is 5.89. The fraction of sp³-hybridized carbons (Fsp3) is 0.538. The molecule has 20 heavy (non-hydrogen) atoms. The van der Waals surface area contributed by atoms with Crippen molar-refractivity contribution in [3.8, 4) is 5.88 Å². The lowest BCUT2D eigenvalue weighted by molar-refractivity contribution is 0.0855. The van der Waals surface area contributed by atoms with Crippen LogP contribution in [0.15, 0.2) is 18.3 Å². The Morgan fingerprint density at radius 2 is 2.30 bits per heavy atom. The molecule has 2 amide bonds. The van der Waals surface area contributed by atoms with Crippen LogP contribution in [0.4, 0.5) is 19.3 Å². The van der Waals surface area contributed by atoms with Gasteiger partial charge in [0.2, 0.25) is 5.88 Å². The number of halogens is 2. The molecule has 2 aliphatic rings. The average Bonchev–Trinajstić information content (AvgIpc) is 3.01. The first-order valence-corrected chi connectivity index (χ1v) is 6.46. The summed E-state index contributed by atoms with van der Waals surface area (Å²) in [7, 11) is 1.50. The van der Waals surface area contributed by atoms with Crippen LogP contribution in [0.5, 0.6) is 5.88 Å². The van der Waals surface area contributed by atoms with Gasteiger partial charge in [0.05, 0.1) is 19.0 Å². The van der Waals surface area contributed by atoms with Crippen LogP contribution in [0.2, 0.25) is 0 Å². The molecule has 3 rings (SSSR count). The molecule has 1 aromatic rings. The molecule has 1 aliphatic carbocycles. The van der Waals surface area contributed by atoms with E-state index in [2.05, 4.69) is 10.3 Å². The number of nitrogens with one attached hydrogen (secondary N) is 1. The van der Waals surface area contributed by atoms with Crippen molar-refractivity contribution < 1.29 is 18.3 Å². The minimum atomic E-state index is -2.59. The Kier molecular flexibility index (Phi) is 2.99. The van der Waals surface area contributed by atoms with Crippen LogP contribution in [0.3, 0.4) is 0 Å². The van der Waals surface area contributed by atoms with E-state index in [1.165, 1.54) is 18.2 Å². The number of fused-ring (bicyclic) bond motifs is 1. The van der Waals surface area contributed by atoms with Crippen molar-refractivity contribution in [3.63, 3.8) is 0 Å². The van der Waals surface area contributed by atoms with E-state index in [1.54, 1.807) is 12.1 Å². The Morgan fingerprint density at radius 1 is 1.50 bits per heavy atom. The highest BCUT2D eigenvalue weighted by Gasteiger charge is 2.69. The Labute approximate surface area is 114 Å². The largest absolute Gasteiger partial charge is 0.481 e. The van der Waals surface area contributed by atoms with Gasteiger partial charge in [-0.25, -0.2) is 18.6 Å². The summed E-state index contributed by atoms with van der Waals surface area (Å²) in [6, 6.07) is 2.91. The molecule has 0 radical (unpaired) electrons. The van der Waals surface area contributed by atoms with Crippen LogP contribution in [0.25, 0.3) is 0 Å². The molecule has 108 valence electrons. The summed E-state index contributed by atoms with van der Waals surface area (Å²) < 4.78 is 31.4. The summed E-state index contributed by atoms with van der Waals surface area (Å²) in [5, 5.41) is 2.65. The van der Waals surface area contributed by atoms with Gasteiger partial charge in [0.15, 0.2) is 0 Å². The molecule has 7 heteroatoms. The maximum Gasteiger partial charge on any atom is 0.321 e. The molecular formula is C13H15F2N3O2. The predicted molar refractivity (Wildman–Crippen MR) is 67.9 cm³/mol. The molecule has 1 aliphatic heterocycles. The summed E-state index contributed by atoms with van der Waals surface area (Å²) >= 11 is 0. The summed E-state index contributed by atoms with van der Waals surface area (Å²) in [4.78, 5) is 17.4. The quantitative estimate of drug-likeness (QED) is 0.905. The van der Waals surface area contributed by atoms with Gasteiger partial charge < -0.3 is 15.0 Å². The van der Waals surface area contributed by atoms with E-state index in [9.17, 15) is 13.6 Å². The number of piperidine rings is 1. The number of carbonyl (C=O) groups excluding carboxylic acids is 1. The number of likely N-dealkylation sites (tertiary alicyclic amines) is 1. The molecule has 1 aromatic heterocycles. The van der Waals surface area contributed by atoms with Crippen molar-refractivity contribution in [1.29, 1.82) is 0 Å². The molecule has 5 nitrogen and oxygen atoms in total. The molecule has 2 atom stereocenters. The average molecular weight is 283 g/mol. The minimum Gasteiger partial charge on any atom is -0.481 e. The van der Waals surface area contributed by atoms with Gasteiger partial charge in [-0.05, 0) is 12.5 Å². The zero-order valence-electron chi connectivity index (χ0n) is 11.0. The second-order valence-electron chi connectivity index (χ2n) is 5.14. The Bertz CT molecular complexity index is 521. The Hall–Kier alpha value is -1.92. The normalized spacial score (nSPS) is 26.6. The molecule has 0 aromatic carbocycles. The van der Waals surface area contributed by atoms with Gasteiger partial charge >= 0.3 is 6.03 Å².